The summed E-state index contributed by atoms with van der Waals surface area (Å²) in [5.74, 6) is 0.741. The summed E-state index contributed by atoms with van der Waals surface area (Å²) >= 11 is 3.38. The van der Waals surface area contributed by atoms with Gasteiger partial charge in [-0.2, -0.15) is 0 Å². The highest BCUT2D eigenvalue weighted by molar-refractivity contribution is 9.10. The minimum Gasteiger partial charge on any atom is -0.497 e. The van der Waals surface area contributed by atoms with Crippen molar-refractivity contribution in [3.05, 3.63) is 58.1 Å². The number of nitrogens with one attached hydrogen (secondary N) is 2. The number of amides is 2. The zero-order valence-corrected chi connectivity index (χ0v) is 15.6. The first-order chi connectivity index (χ1) is 12.0. The zero-order chi connectivity index (χ0) is 18.2. The van der Waals surface area contributed by atoms with Crippen LogP contribution in [0.1, 0.15) is 15.9 Å². The van der Waals surface area contributed by atoms with E-state index in [9.17, 15) is 9.59 Å². The maximum absolute atomic E-state index is 12.0. The Morgan fingerprint density at radius 1 is 1.00 bits per heavy atom. The van der Waals surface area contributed by atoms with E-state index in [0.717, 1.165) is 10.0 Å². The quantitative estimate of drug-likeness (QED) is 0.740. The minimum atomic E-state index is -0.321. The topological polar surface area (TPSA) is 76.7 Å². The van der Waals surface area contributed by atoms with Gasteiger partial charge in [0.1, 0.15) is 11.5 Å². The summed E-state index contributed by atoms with van der Waals surface area (Å²) in [5, 5.41) is 5.33. The number of hydrogen-bond acceptors (Lipinski definition) is 4. The largest absolute Gasteiger partial charge is 0.497 e. The molecule has 7 heteroatoms. The molecule has 132 valence electrons. The summed E-state index contributed by atoms with van der Waals surface area (Å²) in [6.45, 7) is 0.195. The molecule has 0 fully saturated rings. The Labute approximate surface area is 154 Å². The molecule has 0 aliphatic rings. The fraction of sp³-hybridized carbons (Fsp3) is 0.222. The number of hydrogen-bond donors (Lipinski definition) is 2. The number of benzene rings is 2. The molecule has 2 aromatic rings. The molecule has 0 heterocycles. The molecule has 25 heavy (non-hydrogen) atoms. The lowest BCUT2D eigenvalue weighted by Gasteiger charge is -2.11. The maximum atomic E-state index is 12.0. The second-order valence-corrected chi connectivity index (χ2v) is 6.06. The van der Waals surface area contributed by atoms with Crippen LogP contribution in [-0.2, 0) is 11.3 Å². The third kappa shape index (κ3) is 5.49. The van der Waals surface area contributed by atoms with Crippen molar-refractivity contribution in [3.8, 4) is 11.5 Å². The van der Waals surface area contributed by atoms with Crippen molar-refractivity contribution in [3.63, 3.8) is 0 Å². The molecule has 2 amide bonds. The molecule has 0 spiro atoms. The highest BCUT2D eigenvalue weighted by Gasteiger charge is 2.09. The highest BCUT2D eigenvalue weighted by atomic mass is 79.9. The molecule has 2 N–H and O–H groups in total. The molecule has 0 saturated heterocycles. The predicted octanol–water partition coefficient (Wildman–Crippen LogP) is 2.51. The Balaban J connectivity index is 1.84. The first-order valence-corrected chi connectivity index (χ1v) is 8.34. The lowest BCUT2D eigenvalue weighted by Crippen LogP contribution is -2.36. The smallest absolute Gasteiger partial charge is 0.251 e. The van der Waals surface area contributed by atoms with Gasteiger partial charge in [-0.05, 0) is 42.5 Å². The summed E-state index contributed by atoms with van der Waals surface area (Å²) in [4.78, 5) is 23.9. The van der Waals surface area contributed by atoms with E-state index in [2.05, 4.69) is 26.6 Å². The van der Waals surface area contributed by atoms with E-state index in [0.29, 0.717) is 23.6 Å². The summed E-state index contributed by atoms with van der Waals surface area (Å²) in [6.07, 6.45) is 0. The standard InChI is InChI=1S/C18H19BrN2O4/c1-24-15-6-3-12(4-7-15)18(23)21-11-17(22)20-10-13-9-14(19)5-8-16(13)25-2/h3-9H,10-11H2,1-2H3,(H,20,22)(H,21,23). The summed E-state index contributed by atoms with van der Waals surface area (Å²) < 4.78 is 11.2. The van der Waals surface area contributed by atoms with Gasteiger partial charge in [-0.3, -0.25) is 9.59 Å². The van der Waals surface area contributed by atoms with E-state index in [4.69, 9.17) is 9.47 Å². The van der Waals surface area contributed by atoms with E-state index in [1.807, 2.05) is 18.2 Å². The van der Waals surface area contributed by atoms with Gasteiger partial charge >= 0.3 is 0 Å². The molecule has 2 rings (SSSR count). The number of methoxy groups -OCH3 is 2. The molecule has 6 nitrogen and oxygen atoms in total. The van der Waals surface area contributed by atoms with E-state index in [1.54, 1.807) is 38.5 Å². The Hall–Kier alpha value is -2.54. The van der Waals surface area contributed by atoms with Crippen molar-refractivity contribution in [2.75, 3.05) is 20.8 Å². The molecule has 0 bridgehead atoms. The van der Waals surface area contributed by atoms with Gasteiger partial charge in [0.2, 0.25) is 5.91 Å². The zero-order valence-electron chi connectivity index (χ0n) is 14.0. The normalized spacial score (nSPS) is 10.0. The fourth-order valence-electron chi connectivity index (χ4n) is 2.15. The van der Waals surface area contributed by atoms with Crippen molar-refractivity contribution in [1.82, 2.24) is 10.6 Å². The van der Waals surface area contributed by atoms with Crippen LogP contribution in [0.4, 0.5) is 0 Å². The Morgan fingerprint density at radius 2 is 1.72 bits per heavy atom. The second kappa shape index (κ2) is 9.08. The molecule has 0 aliphatic carbocycles. The van der Waals surface area contributed by atoms with E-state index < -0.39 is 0 Å². The van der Waals surface area contributed by atoms with Crippen LogP contribution < -0.4 is 20.1 Å². The van der Waals surface area contributed by atoms with Gasteiger partial charge in [0.25, 0.3) is 5.91 Å². The van der Waals surface area contributed by atoms with E-state index >= 15 is 0 Å². The molecule has 2 aromatic carbocycles. The van der Waals surface area contributed by atoms with Gasteiger partial charge in [0.15, 0.2) is 0 Å². The Bertz CT molecular complexity index is 747. The monoisotopic (exact) mass is 406 g/mol. The summed E-state index contributed by atoms with van der Waals surface area (Å²) in [7, 11) is 3.13. The van der Waals surface area contributed by atoms with Crippen molar-refractivity contribution in [2.24, 2.45) is 0 Å². The Kier molecular flexibility index (Phi) is 6.82. The lowest BCUT2D eigenvalue weighted by atomic mass is 10.2. The number of carbonyl (C=O) groups is 2. The molecule has 0 unspecified atom stereocenters. The van der Waals surface area contributed by atoms with E-state index in [1.165, 1.54) is 0 Å². The molecular weight excluding hydrogens is 388 g/mol. The minimum absolute atomic E-state index is 0.110. The molecular formula is C18H19BrN2O4. The van der Waals surface area contributed by atoms with Crippen LogP contribution in [0, 0.1) is 0 Å². The average Bonchev–Trinajstić information content (AvgIpc) is 2.64. The third-order valence-corrected chi connectivity index (χ3v) is 3.97. The number of ether oxygens (including phenoxy) is 2. The third-order valence-electron chi connectivity index (χ3n) is 3.48. The van der Waals surface area contributed by atoms with Crippen molar-refractivity contribution < 1.29 is 19.1 Å². The molecule has 0 aromatic heterocycles. The first kappa shape index (κ1) is 18.8. The van der Waals surface area contributed by atoms with Crippen LogP contribution >= 0.6 is 15.9 Å². The van der Waals surface area contributed by atoms with Gasteiger partial charge in [-0.25, -0.2) is 0 Å². The van der Waals surface area contributed by atoms with Crippen LogP contribution in [0.2, 0.25) is 0 Å². The van der Waals surface area contributed by atoms with Gasteiger partial charge in [0.05, 0.1) is 20.8 Å². The van der Waals surface area contributed by atoms with Gasteiger partial charge < -0.3 is 20.1 Å². The molecule has 0 saturated carbocycles. The maximum Gasteiger partial charge on any atom is 0.251 e. The van der Waals surface area contributed by atoms with Crippen molar-refractivity contribution in [2.45, 2.75) is 6.54 Å². The second-order valence-electron chi connectivity index (χ2n) is 5.14. The summed E-state index contributed by atoms with van der Waals surface area (Å²) in [5.41, 5.74) is 1.30. The van der Waals surface area contributed by atoms with Crippen molar-refractivity contribution >= 4 is 27.7 Å². The van der Waals surface area contributed by atoms with Crippen LogP contribution in [0.25, 0.3) is 0 Å². The molecule has 0 radical (unpaired) electrons. The van der Waals surface area contributed by atoms with Gasteiger partial charge in [0, 0.05) is 22.1 Å². The van der Waals surface area contributed by atoms with Gasteiger partial charge in [-0.15, -0.1) is 0 Å². The van der Waals surface area contributed by atoms with Crippen LogP contribution in [0.3, 0.4) is 0 Å². The summed E-state index contributed by atoms with van der Waals surface area (Å²) in [6, 6.07) is 12.2. The van der Waals surface area contributed by atoms with E-state index in [-0.39, 0.29) is 18.4 Å². The average molecular weight is 407 g/mol. The fourth-order valence-corrected chi connectivity index (χ4v) is 2.56. The highest BCUT2D eigenvalue weighted by Crippen LogP contribution is 2.22. The van der Waals surface area contributed by atoms with Crippen LogP contribution in [0.15, 0.2) is 46.9 Å². The molecule has 0 aliphatic heterocycles. The van der Waals surface area contributed by atoms with Gasteiger partial charge in [-0.1, -0.05) is 15.9 Å². The molecule has 0 atom stereocenters. The number of halogens is 1. The lowest BCUT2D eigenvalue weighted by molar-refractivity contribution is -0.120. The SMILES string of the molecule is COc1ccc(C(=O)NCC(=O)NCc2cc(Br)ccc2OC)cc1. The predicted molar refractivity (Wildman–Crippen MR) is 97.9 cm³/mol. The number of carbonyl (C=O) groups excluding carboxylic acids is 2. The van der Waals surface area contributed by atoms with Crippen LogP contribution in [-0.4, -0.2) is 32.6 Å². The first-order valence-electron chi connectivity index (χ1n) is 7.55. The number of rotatable bonds is 7. The van der Waals surface area contributed by atoms with Crippen LogP contribution in [0.5, 0.6) is 11.5 Å². The van der Waals surface area contributed by atoms with Crippen molar-refractivity contribution in [1.29, 1.82) is 0 Å². The Morgan fingerprint density at radius 3 is 2.36 bits per heavy atom.